The van der Waals surface area contributed by atoms with Crippen LogP contribution in [0, 0.1) is 0 Å². The summed E-state index contributed by atoms with van der Waals surface area (Å²) < 4.78 is 0. The van der Waals surface area contributed by atoms with E-state index in [1.165, 1.54) is 0 Å². The van der Waals surface area contributed by atoms with Gasteiger partial charge in [-0.3, -0.25) is 0 Å². The number of β-amino-alcohol motifs (C(OH)–C–C–N with tert-alkyl or cyclic N) is 1. The van der Waals surface area contributed by atoms with Crippen molar-refractivity contribution in [3.05, 3.63) is 11.6 Å². The second-order valence-electron chi connectivity index (χ2n) is 3.57. The first-order valence-corrected chi connectivity index (χ1v) is 5.08. The van der Waals surface area contributed by atoms with E-state index in [-0.39, 0.29) is 24.5 Å². The zero-order chi connectivity index (χ0) is 12.3. The molecule has 1 unspecified atom stereocenters. The molecule has 3 N–H and O–H groups in total. The number of nitrogens with zero attached hydrogens (tertiary/aromatic N) is 1. The zero-order valence-corrected chi connectivity index (χ0v) is 9.28. The lowest BCUT2D eigenvalue weighted by Crippen LogP contribution is -2.46. The number of carbonyl (C=O) groups is 2. The van der Waals surface area contributed by atoms with Gasteiger partial charge in [0.2, 0.25) is 0 Å². The molecular formula is C9H13ClN2O4. The number of nitrogens with one attached hydrogen (secondary N) is 1. The third kappa shape index (κ3) is 3.11. The molecule has 0 radical (unpaired) electrons. The molecule has 6 nitrogen and oxygen atoms in total. The van der Waals surface area contributed by atoms with Gasteiger partial charge in [-0.2, -0.15) is 0 Å². The van der Waals surface area contributed by atoms with E-state index in [2.05, 4.69) is 11.9 Å². The van der Waals surface area contributed by atoms with E-state index in [1.807, 2.05) is 0 Å². The van der Waals surface area contributed by atoms with Crippen LogP contribution in [0.3, 0.4) is 0 Å². The fourth-order valence-electron chi connectivity index (χ4n) is 1.55. The Kier molecular flexibility index (Phi) is 4.14. The van der Waals surface area contributed by atoms with E-state index in [4.69, 9.17) is 16.7 Å². The molecule has 1 aliphatic rings. The first-order chi connectivity index (χ1) is 7.41. The highest BCUT2D eigenvalue weighted by Crippen LogP contribution is 2.18. The molecule has 1 rings (SSSR count). The molecule has 1 aliphatic heterocycles. The van der Waals surface area contributed by atoms with Crippen LogP contribution in [0.1, 0.15) is 6.42 Å². The van der Waals surface area contributed by atoms with Gasteiger partial charge >= 0.3 is 12.0 Å². The van der Waals surface area contributed by atoms with Gasteiger partial charge in [-0.05, 0) is 0 Å². The summed E-state index contributed by atoms with van der Waals surface area (Å²) in [6.45, 7) is 3.47. The molecule has 0 saturated carbocycles. The topological polar surface area (TPSA) is 89.9 Å². The van der Waals surface area contributed by atoms with Gasteiger partial charge in [-0.25, -0.2) is 9.59 Å². The van der Waals surface area contributed by atoms with Crippen LogP contribution < -0.4 is 5.32 Å². The largest absolute Gasteiger partial charge is 0.480 e. The number of hydrogen-bond acceptors (Lipinski definition) is 3. The highest BCUT2D eigenvalue weighted by Gasteiger charge is 2.38. The van der Waals surface area contributed by atoms with Gasteiger partial charge in [0.1, 0.15) is 6.04 Å². The van der Waals surface area contributed by atoms with Crippen molar-refractivity contribution in [2.75, 3.05) is 13.1 Å². The summed E-state index contributed by atoms with van der Waals surface area (Å²) in [5, 5.41) is 20.8. The van der Waals surface area contributed by atoms with Gasteiger partial charge < -0.3 is 20.4 Å². The van der Waals surface area contributed by atoms with Crippen LogP contribution in [0.4, 0.5) is 4.79 Å². The van der Waals surface area contributed by atoms with Crippen molar-refractivity contribution in [2.45, 2.75) is 18.6 Å². The SMILES string of the molecule is C=C(Cl)CNC(=O)N1CC(O)C[C@H]1C(=O)O. The van der Waals surface area contributed by atoms with E-state index in [0.717, 1.165) is 4.90 Å². The molecule has 0 aromatic carbocycles. The van der Waals surface area contributed by atoms with Crippen LogP contribution in [0.15, 0.2) is 11.6 Å². The number of carbonyl (C=O) groups excluding carboxylic acids is 1. The van der Waals surface area contributed by atoms with Crippen LogP contribution in [0.5, 0.6) is 0 Å². The van der Waals surface area contributed by atoms with Crippen molar-refractivity contribution in [2.24, 2.45) is 0 Å². The van der Waals surface area contributed by atoms with Gasteiger partial charge in [0.15, 0.2) is 0 Å². The Hall–Kier alpha value is -1.27. The molecule has 0 aromatic rings. The summed E-state index contributed by atoms with van der Waals surface area (Å²) >= 11 is 5.46. The van der Waals surface area contributed by atoms with Crippen molar-refractivity contribution < 1.29 is 19.8 Å². The molecule has 2 atom stereocenters. The third-order valence-corrected chi connectivity index (χ3v) is 2.39. The Morgan fingerprint density at radius 3 is 2.69 bits per heavy atom. The van der Waals surface area contributed by atoms with Gasteiger partial charge in [0.25, 0.3) is 0 Å². The highest BCUT2D eigenvalue weighted by molar-refractivity contribution is 6.29. The van der Waals surface area contributed by atoms with E-state index in [9.17, 15) is 14.7 Å². The van der Waals surface area contributed by atoms with Crippen molar-refractivity contribution in [3.63, 3.8) is 0 Å². The van der Waals surface area contributed by atoms with Crippen LogP contribution in [0.25, 0.3) is 0 Å². The van der Waals surface area contributed by atoms with Crippen LogP contribution in [-0.2, 0) is 4.79 Å². The zero-order valence-electron chi connectivity index (χ0n) is 8.52. The molecule has 1 fully saturated rings. The lowest BCUT2D eigenvalue weighted by atomic mass is 10.2. The lowest BCUT2D eigenvalue weighted by molar-refractivity contribution is -0.141. The highest BCUT2D eigenvalue weighted by atomic mass is 35.5. The fraction of sp³-hybridized carbons (Fsp3) is 0.556. The minimum Gasteiger partial charge on any atom is -0.480 e. The Morgan fingerprint density at radius 2 is 2.19 bits per heavy atom. The number of carboxylic acids is 1. The van der Waals surface area contributed by atoms with Crippen LogP contribution >= 0.6 is 11.6 Å². The van der Waals surface area contributed by atoms with E-state index in [0.29, 0.717) is 0 Å². The maximum absolute atomic E-state index is 11.6. The number of rotatable bonds is 3. The van der Waals surface area contributed by atoms with E-state index in [1.54, 1.807) is 0 Å². The summed E-state index contributed by atoms with van der Waals surface area (Å²) in [6.07, 6.45) is -0.754. The van der Waals surface area contributed by atoms with Crippen molar-refractivity contribution in [1.29, 1.82) is 0 Å². The summed E-state index contributed by atoms with van der Waals surface area (Å²) in [7, 11) is 0. The van der Waals surface area contributed by atoms with Crippen molar-refractivity contribution in [1.82, 2.24) is 10.2 Å². The molecule has 2 amide bonds. The van der Waals surface area contributed by atoms with Crippen molar-refractivity contribution >= 4 is 23.6 Å². The Balaban J connectivity index is 2.59. The second kappa shape index (κ2) is 5.18. The summed E-state index contributed by atoms with van der Waals surface area (Å²) in [4.78, 5) is 23.5. The van der Waals surface area contributed by atoms with Gasteiger partial charge in [-0.15, -0.1) is 0 Å². The smallest absolute Gasteiger partial charge is 0.326 e. The number of likely N-dealkylation sites (tertiary alicyclic amines) is 1. The molecule has 0 aliphatic carbocycles. The summed E-state index contributed by atoms with van der Waals surface area (Å²) in [5.74, 6) is -1.13. The average molecular weight is 249 g/mol. The van der Waals surface area contributed by atoms with Gasteiger partial charge in [-0.1, -0.05) is 18.2 Å². The minimum atomic E-state index is -1.13. The quantitative estimate of drug-likeness (QED) is 0.654. The van der Waals surface area contributed by atoms with Gasteiger partial charge in [0.05, 0.1) is 12.6 Å². The maximum Gasteiger partial charge on any atom is 0.326 e. The Bertz CT molecular complexity index is 321. The number of amides is 2. The third-order valence-electron chi connectivity index (χ3n) is 2.26. The Morgan fingerprint density at radius 1 is 1.56 bits per heavy atom. The molecule has 1 saturated heterocycles. The lowest BCUT2D eigenvalue weighted by Gasteiger charge is -2.21. The number of halogens is 1. The molecule has 7 heteroatoms. The number of carboxylic acid groups (broad SMARTS) is 1. The van der Waals surface area contributed by atoms with E-state index >= 15 is 0 Å². The monoisotopic (exact) mass is 248 g/mol. The molecule has 16 heavy (non-hydrogen) atoms. The van der Waals surface area contributed by atoms with Gasteiger partial charge in [0, 0.05) is 18.0 Å². The Labute approximate surface area is 97.5 Å². The normalized spacial score (nSPS) is 24.2. The number of aliphatic hydroxyl groups is 1. The molecule has 0 spiro atoms. The van der Waals surface area contributed by atoms with Crippen LogP contribution in [-0.4, -0.2) is 52.3 Å². The minimum absolute atomic E-state index is 0.0115. The second-order valence-corrected chi connectivity index (χ2v) is 4.11. The predicted octanol–water partition coefficient (Wildman–Crippen LogP) is -0.0317. The molecule has 1 heterocycles. The molecule has 0 bridgehead atoms. The summed E-state index contributed by atoms with van der Waals surface area (Å²) in [6, 6.07) is -1.55. The average Bonchev–Trinajstić information content (AvgIpc) is 2.56. The fourth-order valence-corrected chi connectivity index (χ4v) is 1.61. The standard InChI is InChI=1S/C9H13ClN2O4/c1-5(10)3-11-9(16)12-4-6(13)2-7(12)8(14)15/h6-7,13H,1-4H2,(H,11,16)(H,14,15)/t6?,7-/m0/s1. The molecule has 0 aromatic heterocycles. The summed E-state index contributed by atoms with van der Waals surface area (Å²) in [5.41, 5.74) is 0. The number of hydrogen-bond donors (Lipinski definition) is 3. The maximum atomic E-state index is 11.6. The van der Waals surface area contributed by atoms with Crippen molar-refractivity contribution in [3.8, 4) is 0 Å². The number of urea groups is 1. The van der Waals surface area contributed by atoms with E-state index < -0.39 is 24.1 Å². The predicted molar refractivity (Wildman–Crippen MR) is 57.1 cm³/mol. The number of aliphatic hydroxyl groups excluding tert-OH is 1. The first kappa shape index (κ1) is 12.8. The first-order valence-electron chi connectivity index (χ1n) is 4.70. The molecular weight excluding hydrogens is 236 g/mol. The molecule has 90 valence electrons. The number of aliphatic carboxylic acids is 1. The van der Waals surface area contributed by atoms with Crippen LogP contribution in [0.2, 0.25) is 0 Å².